The summed E-state index contributed by atoms with van der Waals surface area (Å²) in [7, 11) is 0. The Morgan fingerprint density at radius 3 is 2.42 bits per heavy atom. The number of hydrogen-bond donors (Lipinski definition) is 2. The molecule has 2 N–H and O–H groups in total. The summed E-state index contributed by atoms with van der Waals surface area (Å²) in [5.41, 5.74) is 1.04. The molecule has 1 aliphatic rings. The monoisotopic (exact) mass is 360 g/mol. The summed E-state index contributed by atoms with van der Waals surface area (Å²) in [5, 5.41) is 14.5. The number of nitrogens with one attached hydrogen (secondary N) is 1. The molecule has 2 unspecified atom stereocenters. The smallest absolute Gasteiger partial charge is 0.0942 e. The third-order valence-electron chi connectivity index (χ3n) is 5.65. The molecule has 1 aromatic rings. The van der Waals surface area contributed by atoms with Crippen LogP contribution >= 0.6 is 0 Å². The highest BCUT2D eigenvalue weighted by Crippen LogP contribution is 2.21. The maximum Gasteiger partial charge on any atom is 0.0942 e. The zero-order valence-electron chi connectivity index (χ0n) is 16.8. The largest absolute Gasteiger partial charge is 0.387 e. The Hall–Kier alpha value is -0.900. The van der Waals surface area contributed by atoms with E-state index in [9.17, 15) is 5.11 Å². The van der Waals surface area contributed by atoms with Crippen molar-refractivity contribution in [1.82, 2.24) is 10.2 Å². The highest BCUT2D eigenvalue weighted by Gasteiger charge is 2.20. The van der Waals surface area contributed by atoms with Gasteiger partial charge in [0.25, 0.3) is 0 Å². The maximum absolute atomic E-state index is 10.9. The van der Waals surface area contributed by atoms with E-state index in [4.69, 9.17) is 0 Å². The third-order valence-corrected chi connectivity index (χ3v) is 5.65. The van der Waals surface area contributed by atoms with E-state index in [1.807, 2.05) is 30.3 Å². The number of likely N-dealkylation sites (tertiary alicyclic amines) is 1. The molecule has 0 bridgehead atoms. The van der Waals surface area contributed by atoms with Crippen LogP contribution in [-0.4, -0.2) is 42.2 Å². The van der Waals surface area contributed by atoms with Gasteiger partial charge in [-0.05, 0) is 57.4 Å². The van der Waals surface area contributed by atoms with Crippen LogP contribution in [-0.2, 0) is 0 Å². The summed E-state index contributed by atoms with van der Waals surface area (Å²) < 4.78 is 0. The number of benzene rings is 1. The zero-order chi connectivity index (χ0) is 18.5. The van der Waals surface area contributed by atoms with Crippen molar-refractivity contribution in [3.8, 4) is 0 Å². The van der Waals surface area contributed by atoms with Gasteiger partial charge in [0.05, 0.1) is 6.10 Å². The number of nitrogens with zero attached hydrogens (tertiary/aromatic N) is 1. The van der Waals surface area contributed by atoms with Gasteiger partial charge in [0.2, 0.25) is 0 Å². The van der Waals surface area contributed by atoms with Gasteiger partial charge in [0, 0.05) is 6.04 Å². The minimum absolute atomic E-state index is 0.167. The summed E-state index contributed by atoms with van der Waals surface area (Å²) in [6.45, 7) is 6.99. The van der Waals surface area contributed by atoms with Crippen LogP contribution in [0.1, 0.15) is 82.8 Å². The fourth-order valence-electron chi connectivity index (χ4n) is 4.00. The molecule has 1 fully saturated rings. The lowest BCUT2D eigenvalue weighted by molar-refractivity contribution is 0.120. The summed E-state index contributed by atoms with van der Waals surface area (Å²) in [5.74, 6) is 0. The van der Waals surface area contributed by atoms with Gasteiger partial charge in [0.15, 0.2) is 0 Å². The highest BCUT2D eigenvalue weighted by molar-refractivity contribution is 5.18. The molecule has 2 atom stereocenters. The maximum atomic E-state index is 10.9. The number of unbranched alkanes of at least 4 members (excludes halogenated alkanes) is 4. The van der Waals surface area contributed by atoms with E-state index in [0.29, 0.717) is 0 Å². The number of rotatable bonds is 13. The molecule has 0 amide bonds. The summed E-state index contributed by atoms with van der Waals surface area (Å²) >= 11 is 0. The lowest BCUT2D eigenvalue weighted by Gasteiger charge is -2.28. The predicted octanol–water partition coefficient (Wildman–Crippen LogP) is 4.91. The number of aliphatic hydroxyl groups is 1. The Morgan fingerprint density at radius 2 is 1.69 bits per heavy atom. The molecule has 3 heteroatoms. The summed E-state index contributed by atoms with van der Waals surface area (Å²) in [6.07, 6.45) is 12.4. The average Bonchev–Trinajstić information content (AvgIpc) is 2.70. The van der Waals surface area contributed by atoms with Crippen LogP contribution in [0.3, 0.4) is 0 Å². The van der Waals surface area contributed by atoms with E-state index >= 15 is 0 Å². The van der Waals surface area contributed by atoms with E-state index in [-0.39, 0.29) is 6.04 Å². The van der Waals surface area contributed by atoms with E-state index < -0.39 is 6.10 Å². The molecule has 0 radical (unpaired) electrons. The minimum Gasteiger partial charge on any atom is -0.387 e. The normalized spacial score (nSPS) is 17.9. The first-order valence-electron chi connectivity index (χ1n) is 11.0. The van der Waals surface area contributed by atoms with E-state index in [0.717, 1.165) is 18.5 Å². The van der Waals surface area contributed by atoms with Crippen molar-refractivity contribution in [3.05, 3.63) is 35.9 Å². The molecular weight excluding hydrogens is 320 g/mol. The van der Waals surface area contributed by atoms with Crippen LogP contribution in [0.15, 0.2) is 30.3 Å². The standard InChI is InChI=1S/C23H40N2O/c1-2-3-4-5-10-16-22(23(26)21-14-8-6-9-15-21)24-17-13-20-25-18-11-7-12-19-25/h6,8-9,14-15,22-24,26H,2-5,7,10-13,16-20H2,1H3. The van der Waals surface area contributed by atoms with Crippen LogP contribution in [0.2, 0.25) is 0 Å². The first kappa shape index (κ1) is 21.4. The van der Waals surface area contributed by atoms with Gasteiger partial charge in [0.1, 0.15) is 0 Å². The van der Waals surface area contributed by atoms with Crippen LogP contribution in [0.25, 0.3) is 0 Å². The fourth-order valence-corrected chi connectivity index (χ4v) is 4.00. The average molecular weight is 361 g/mol. The lowest BCUT2D eigenvalue weighted by Crippen LogP contribution is -2.38. The SMILES string of the molecule is CCCCCCCC(NCCCN1CCCCC1)C(O)c1ccccc1. The van der Waals surface area contributed by atoms with Gasteiger partial charge in [-0.3, -0.25) is 0 Å². The molecule has 0 spiro atoms. The van der Waals surface area contributed by atoms with Crippen molar-refractivity contribution in [2.75, 3.05) is 26.2 Å². The molecule has 2 rings (SSSR count). The van der Waals surface area contributed by atoms with Crippen molar-refractivity contribution < 1.29 is 5.11 Å². The van der Waals surface area contributed by atoms with Gasteiger partial charge in [-0.25, -0.2) is 0 Å². The van der Waals surface area contributed by atoms with Gasteiger partial charge < -0.3 is 15.3 Å². The molecule has 1 aliphatic heterocycles. The molecular formula is C23H40N2O. The topological polar surface area (TPSA) is 35.5 Å². The Balaban J connectivity index is 1.75. The van der Waals surface area contributed by atoms with Gasteiger partial charge >= 0.3 is 0 Å². The lowest BCUT2D eigenvalue weighted by atomic mass is 9.96. The Bertz CT molecular complexity index is 445. The molecule has 1 aromatic carbocycles. The quantitative estimate of drug-likeness (QED) is 0.490. The molecule has 148 valence electrons. The molecule has 1 heterocycles. The van der Waals surface area contributed by atoms with E-state index in [1.165, 1.54) is 77.4 Å². The molecule has 0 aliphatic carbocycles. The third kappa shape index (κ3) is 8.20. The van der Waals surface area contributed by atoms with Gasteiger partial charge in [-0.2, -0.15) is 0 Å². The number of aliphatic hydroxyl groups excluding tert-OH is 1. The van der Waals surface area contributed by atoms with Crippen molar-refractivity contribution in [2.24, 2.45) is 0 Å². The van der Waals surface area contributed by atoms with Crippen molar-refractivity contribution in [3.63, 3.8) is 0 Å². The Labute approximate surface area is 161 Å². The van der Waals surface area contributed by atoms with E-state index in [1.54, 1.807) is 0 Å². The van der Waals surface area contributed by atoms with Crippen LogP contribution in [0.5, 0.6) is 0 Å². The van der Waals surface area contributed by atoms with E-state index in [2.05, 4.69) is 17.1 Å². The predicted molar refractivity (Wildman–Crippen MR) is 111 cm³/mol. The van der Waals surface area contributed by atoms with Crippen LogP contribution in [0, 0.1) is 0 Å². The molecule has 0 aromatic heterocycles. The van der Waals surface area contributed by atoms with Gasteiger partial charge in [-0.15, -0.1) is 0 Å². The Morgan fingerprint density at radius 1 is 0.962 bits per heavy atom. The first-order valence-corrected chi connectivity index (χ1v) is 11.0. The zero-order valence-corrected chi connectivity index (χ0v) is 16.8. The van der Waals surface area contributed by atoms with Crippen LogP contribution in [0.4, 0.5) is 0 Å². The van der Waals surface area contributed by atoms with Crippen molar-refractivity contribution in [2.45, 2.75) is 83.3 Å². The molecule has 26 heavy (non-hydrogen) atoms. The minimum atomic E-state index is -0.405. The van der Waals surface area contributed by atoms with Crippen molar-refractivity contribution >= 4 is 0 Å². The van der Waals surface area contributed by atoms with Crippen molar-refractivity contribution in [1.29, 1.82) is 0 Å². The highest BCUT2D eigenvalue weighted by atomic mass is 16.3. The molecule has 1 saturated heterocycles. The second-order valence-corrected chi connectivity index (χ2v) is 7.87. The first-order chi connectivity index (χ1) is 12.8. The second-order valence-electron chi connectivity index (χ2n) is 7.87. The molecule has 3 nitrogen and oxygen atoms in total. The Kier molecular flexibility index (Phi) is 10.9. The number of hydrogen-bond acceptors (Lipinski definition) is 3. The summed E-state index contributed by atoms with van der Waals surface area (Å²) in [6, 6.07) is 10.3. The van der Waals surface area contributed by atoms with Gasteiger partial charge in [-0.1, -0.05) is 75.8 Å². The second kappa shape index (κ2) is 13.3. The summed E-state index contributed by atoms with van der Waals surface area (Å²) in [4.78, 5) is 2.60. The van der Waals surface area contributed by atoms with Crippen LogP contribution < -0.4 is 5.32 Å². The number of piperidine rings is 1. The fraction of sp³-hybridized carbons (Fsp3) is 0.739. The molecule has 0 saturated carbocycles.